The zero-order valence-corrected chi connectivity index (χ0v) is 17.2. The van der Waals surface area contributed by atoms with E-state index in [1.54, 1.807) is 4.90 Å². The lowest BCUT2D eigenvalue weighted by Crippen LogP contribution is -2.26. The van der Waals surface area contributed by atoms with Gasteiger partial charge in [-0.15, -0.1) is 11.3 Å². The fourth-order valence-electron chi connectivity index (χ4n) is 3.21. The second-order valence-electron chi connectivity index (χ2n) is 7.05. The lowest BCUT2D eigenvalue weighted by Gasteiger charge is -2.19. The maximum Gasteiger partial charge on any atom is 0.139 e. The number of hydrogen-bond acceptors (Lipinski definition) is 4. The van der Waals surface area contributed by atoms with E-state index in [0.29, 0.717) is 21.5 Å². The second kappa shape index (κ2) is 7.41. The molecule has 142 valence electrons. The van der Waals surface area contributed by atoms with E-state index < -0.39 is 0 Å². The monoisotopic (exact) mass is 409 g/mol. The van der Waals surface area contributed by atoms with Crippen LogP contribution >= 0.6 is 22.9 Å². The van der Waals surface area contributed by atoms with Gasteiger partial charge in [0.25, 0.3) is 0 Å². The van der Waals surface area contributed by atoms with Crippen LogP contribution in [0.2, 0.25) is 5.02 Å². The molecule has 2 aromatic carbocycles. The summed E-state index contributed by atoms with van der Waals surface area (Å²) >= 11 is 7.38. The summed E-state index contributed by atoms with van der Waals surface area (Å²) in [6.07, 6.45) is 0. The summed E-state index contributed by atoms with van der Waals surface area (Å²) in [7, 11) is 0. The van der Waals surface area contributed by atoms with Crippen molar-refractivity contribution in [2.24, 2.45) is 0 Å². The first-order valence-corrected chi connectivity index (χ1v) is 10.3. The van der Waals surface area contributed by atoms with Gasteiger partial charge in [0.1, 0.15) is 16.6 Å². The maximum atomic E-state index is 10.5. The van der Waals surface area contributed by atoms with Gasteiger partial charge in [0, 0.05) is 21.7 Å². The Labute approximate surface area is 173 Å². The van der Waals surface area contributed by atoms with E-state index in [2.05, 4.69) is 31.0 Å². The summed E-state index contributed by atoms with van der Waals surface area (Å²) in [6, 6.07) is 15.6. The van der Waals surface area contributed by atoms with Crippen LogP contribution in [0.3, 0.4) is 0 Å². The smallest absolute Gasteiger partial charge is 0.139 e. The molecule has 0 saturated heterocycles. The molecule has 0 saturated carbocycles. The zero-order chi connectivity index (χ0) is 19.8. The summed E-state index contributed by atoms with van der Waals surface area (Å²) in [5.41, 5.74) is 4.41. The predicted molar refractivity (Wildman–Crippen MR) is 118 cm³/mol. The summed E-state index contributed by atoms with van der Waals surface area (Å²) < 4.78 is 0. The number of aliphatic hydroxyl groups excluding tert-OH is 1. The molecule has 2 N–H and O–H groups in total. The molecule has 3 aromatic rings. The molecule has 0 bridgehead atoms. The van der Waals surface area contributed by atoms with Gasteiger partial charge < -0.3 is 10.0 Å². The van der Waals surface area contributed by atoms with Crippen molar-refractivity contribution in [1.82, 2.24) is 4.98 Å². The van der Waals surface area contributed by atoms with Crippen molar-refractivity contribution in [2.75, 3.05) is 11.4 Å². The van der Waals surface area contributed by atoms with Crippen molar-refractivity contribution in [1.29, 1.82) is 5.41 Å². The first kappa shape index (κ1) is 18.7. The van der Waals surface area contributed by atoms with E-state index >= 15 is 0 Å². The first-order chi connectivity index (χ1) is 13.4. The third kappa shape index (κ3) is 3.43. The minimum atomic E-state index is 0.176. The molecule has 28 heavy (non-hydrogen) atoms. The van der Waals surface area contributed by atoms with Crippen molar-refractivity contribution in [3.8, 4) is 11.3 Å². The Balaban J connectivity index is 1.60. The molecular weight excluding hydrogens is 390 g/mol. The molecule has 1 aliphatic rings. The van der Waals surface area contributed by atoms with Crippen LogP contribution in [0.1, 0.15) is 30.3 Å². The minimum Gasteiger partial charge on any atom is -0.510 e. The van der Waals surface area contributed by atoms with Crippen molar-refractivity contribution < 1.29 is 5.11 Å². The third-order valence-corrected chi connectivity index (χ3v) is 5.94. The minimum absolute atomic E-state index is 0.176. The standard InChI is InChI=1S/C22H20ClN3OS/c1-13(2)14-5-9-17(10-6-14)26-11-19(27)20(21(26)24)22-25-18(12-28-22)15-3-7-16(23)8-4-15/h3-10,12-13,24,27H,11H2,1-2H3. The summed E-state index contributed by atoms with van der Waals surface area (Å²) in [6.45, 7) is 4.59. The number of nitrogens with zero attached hydrogens (tertiary/aromatic N) is 2. The number of nitrogens with one attached hydrogen (secondary N) is 1. The highest BCUT2D eigenvalue weighted by Gasteiger charge is 2.31. The molecule has 6 heteroatoms. The highest BCUT2D eigenvalue weighted by atomic mass is 35.5. The molecule has 0 fully saturated rings. The quantitative estimate of drug-likeness (QED) is 0.527. The number of benzene rings is 2. The van der Waals surface area contributed by atoms with Crippen LogP contribution in [-0.2, 0) is 0 Å². The largest absolute Gasteiger partial charge is 0.510 e. The van der Waals surface area contributed by atoms with Gasteiger partial charge in [0.2, 0.25) is 0 Å². The summed E-state index contributed by atoms with van der Waals surface area (Å²) in [4.78, 5) is 6.45. The summed E-state index contributed by atoms with van der Waals surface area (Å²) in [5.74, 6) is 0.900. The van der Waals surface area contributed by atoms with Crippen LogP contribution < -0.4 is 4.90 Å². The molecule has 1 aliphatic heterocycles. The van der Waals surface area contributed by atoms with Crippen LogP contribution in [0.25, 0.3) is 16.8 Å². The van der Waals surface area contributed by atoms with Gasteiger partial charge in [-0.05, 0) is 35.7 Å². The Bertz CT molecular complexity index is 1050. The number of amidine groups is 1. The molecule has 0 atom stereocenters. The number of anilines is 1. The topological polar surface area (TPSA) is 60.2 Å². The molecule has 2 heterocycles. The fraction of sp³-hybridized carbons (Fsp3) is 0.182. The van der Waals surface area contributed by atoms with E-state index in [0.717, 1.165) is 16.9 Å². The lowest BCUT2D eigenvalue weighted by atomic mass is 10.0. The van der Waals surface area contributed by atoms with E-state index in [1.165, 1.54) is 16.9 Å². The maximum absolute atomic E-state index is 10.5. The number of thiazole rings is 1. The fourth-order valence-corrected chi connectivity index (χ4v) is 4.23. The number of rotatable bonds is 4. The van der Waals surface area contributed by atoms with Crippen molar-refractivity contribution >= 4 is 40.0 Å². The van der Waals surface area contributed by atoms with Gasteiger partial charge in [-0.3, -0.25) is 5.41 Å². The molecule has 0 amide bonds. The second-order valence-corrected chi connectivity index (χ2v) is 8.34. The van der Waals surface area contributed by atoms with E-state index in [4.69, 9.17) is 17.0 Å². The van der Waals surface area contributed by atoms with E-state index in [-0.39, 0.29) is 18.1 Å². The van der Waals surface area contributed by atoms with Crippen LogP contribution in [0.15, 0.2) is 59.7 Å². The molecule has 4 nitrogen and oxygen atoms in total. The number of aromatic nitrogens is 1. The molecule has 4 rings (SSSR count). The normalized spacial score (nSPS) is 14.4. The van der Waals surface area contributed by atoms with E-state index in [9.17, 15) is 5.11 Å². The molecule has 0 aliphatic carbocycles. The average molecular weight is 410 g/mol. The van der Waals surface area contributed by atoms with Crippen LogP contribution in [0.5, 0.6) is 0 Å². The van der Waals surface area contributed by atoms with Crippen molar-refractivity contribution in [3.05, 3.63) is 75.3 Å². The van der Waals surface area contributed by atoms with Crippen molar-refractivity contribution in [3.63, 3.8) is 0 Å². The first-order valence-electron chi connectivity index (χ1n) is 9.04. The molecule has 0 spiro atoms. The Morgan fingerprint density at radius 1 is 1.11 bits per heavy atom. The molecule has 0 unspecified atom stereocenters. The van der Waals surface area contributed by atoms with Crippen LogP contribution in [-0.4, -0.2) is 22.5 Å². The molecule has 1 aromatic heterocycles. The number of halogens is 1. The lowest BCUT2D eigenvalue weighted by molar-refractivity contribution is 0.411. The Morgan fingerprint density at radius 3 is 2.43 bits per heavy atom. The molecular formula is C22H20ClN3OS. The highest BCUT2D eigenvalue weighted by Crippen LogP contribution is 2.35. The average Bonchev–Trinajstić information content (AvgIpc) is 3.27. The van der Waals surface area contributed by atoms with Gasteiger partial charge in [0.05, 0.1) is 17.8 Å². The van der Waals surface area contributed by atoms with Gasteiger partial charge in [-0.1, -0.05) is 49.7 Å². The third-order valence-electron chi connectivity index (χ3n) is 4.83. The molecule has 0 radical (unpaired) electrons. The van der Waals surface area contributed by atoms with Crippen molar-refractivity contribution in [2.45, 2.75) is 19.8 Å². The summed E-state index contributed by atoms with van der Waals surface area (Å²) in [5, 5.41) is 22.4. The Hall–Kier alpha value is -2.63. The van der Waals surface area contributed by atoms with Gasteiger partial charge in [-0.2, -0.15) is 0 Å². The van der Waals surface area contributed by atoms with Gasteiger partial charge in [0.15, 0.2) is 0 Å². The Kier molecular flexibility index (Phi) is 4.96. The number of hydrogen-bond donors (Lipinski definition) is 2. The van der Waals surface area contributed by atoms with Gasteiger partial charge >= 0.3 is 0 Å². The zero-order valence-electron chi connectivity index (χ0n) is 15.6. The Morgan fingerprint density at radius 2 is 1.79 bits per heavy atom. The number of aliphatic hydroxyl groups is 1. The SMILES string of the molecule is CC(C)c1ccc(N2CC(O)=C(c3nc(-c4ccc(Cl)cc4)cs3)C2=N)cc1. The van der Waals surface area contributed by atoms with E-state index in [1.807, 2.05) is 41.8 Å². The van der Waals surface area contributed by atoms with Crippen LogP contribution in [0.4, 0.5) is 5.69 Å². The van der Waals surface area contributed by atoms with Gasteiger partial charge in [-0.25, -0.2) is 4.98 Å². The van der Waals surface area contributed by atoms with Crippen LogP contribution in [0, 0.1) is 5.41 Å². The predicted octanol–water partition coefficient (Wildman–Crippen LogP) is 6.35. The highest BCUT2D eigenvalue weighted by molar-refractivity contribution is 7.11.